The minimum absolute atomic E-state index is 0. The van der Waals surface area contributed by atoms with Crippen LogP contribution in [0.3, 0.4) is 0 Å². The quantitative estimate of drug-likeness (QED) is 0.609. The SMILES string of the molecule is CCCC(=O)NCCCNC(=O)CCC.[HH].[HH]. The highest BCUT2D eigenvalue weighted by Crippen LogP contribution is 1.87. The van der Waals surface area contributed by atoms with Crippen molar-refractivity contribution < 1.29 is 12.4 Å². The van der Waals surface area contributed by atoms with Crippen LogP contribution in [0.15, 0.2) is 0 Å². The summed E-state index contributed by atoms with van der Waals surface area (Å²) >= 11 is 0. The Kier molecular flexibility index (Phi) is 8.82. The maximum atomic E-state index is 11.0. The molecule has 2 N–H and O–H groups in total. The van der Waals surface area contributed by atoms with Crippen molar-refractivity contribution in [1.82, 2.24) is 10.6 Å². The standard InChI is InChI=1S/C11H22N2O2.2H2/c1-3-6-10(14)12-8-5-9-13-11(15)7-4-2;;/h3-9H2,1-2H3,(H,12,14)(H,13,15);2*1H. The van der Waals surface area contributed by atoms with Crippen molar-refractivity contribution >= 4 is 11.8 Å². The van der Waals surface area contributed by atoms with Crippen LogP contribution < -0.4 is 10.6 Å². The van der Waals surface area contributed by atoms with Gasteiger partial charge in [0.05, 0.1) is 0 Å². The molecule has 0 heterocycles. The minimum atomic E-state index is 0. The second kappa shape index (κ2) is 9.49. The Labute approximate surface area is 94.8 Å². The van der Waals surface area contributed by atoms with Gasteiger partial charge in [0, 0.05) is 28.8 Å². The second-order valence-corrected chi connectivity index (χ2v) is 3.55. The van der Waals surface area contributed by atoms with Gasteiger partial charge in [-0.1, -0.05) is 13.8 Å². The molecule has 0 aromatic carbocycles. The number of carbonyl (C=O) groups is 2. The van der Waals surface area contributed by atoms with E-state index in [0.29, 0.717) is 25.9 Å². The van der Waals surface area contributed by atoms with E-state index in [1.807, 2.05) is 13.8 Å². The highest BCUT2D eigenvalue weighted by atomic mass is 16.2. The monoisotopic (exact) mass is 218 g/mol. The molecule has 0 unspecified atom stereocenters. The minimum Gasteiger partial charge on any atom is -0.356 e. The van der Waals surface area contributed by atoms with E-state index in [1.165, 1.54) is 0 Å². The molecule has 0 atom stereocenters. The van der Waals surface area contributed by atoms with Crippen LogP contribution in [-0.2, 0) is 9.59 Å². The molecule has 0 spiro atoms. The molecular formula is C11H26N2O2. The van der Waals surface area contributed by atoms with Gasteiger partial charge in [-0.25, -0.2) is 0 Å². The lowest BCUT2D eigenvalue weighted by Crippen LogP contribution is -2.29. The van der Waals surface area contributed by atoms with Crippen molar-refractivity contribution in [2.24, 2.45) is 0 Å². The van der Waals surface area contributed by atoms with Gasteiger partial charge in [0.25, 0.3) is 0 Å². The summed E-state index contributed by atoms with van der Waals surface area (Å²) in [4.78, 5) is 22.1. The van der Waals surface area contributed by atoms with E-state index in [-0.39, 0.29) is 14.7 Å². The molecule has 0 aliphatic rings. The van der Waals surface area contributed by atoms with Gasteiger partial charge in [0.15, 0.2) is 0 Å². The zero-order valence-electron chi connectivity index (χ0n) is 9.77. The fourth-order valence-electron chi connectivity index (χ4n) is 1.17. The molecule has 0 rings (SSSR count). The van der Waals surface area contributed by atoms with Gasteiger partial charge in [-0.15, -0.1) is 0 Å². The third-order valence-corrected chi connectivity index (χ3v) is 1.95. The molecular weight excluding hydrogens is 192 g/mol. The lowest BCUT2D eigenvalue weighted by molar-refractivity contribution is -0.121. The number of nitrogens with one attached hydrogen (secondary N) is 2. The normalized spacial score (nSPS) is 9.73. The first-order valence-corrected chi connectivity index (χ1v) is 5.74. The van der Waals surface area contributed by atoms with Crippen molar-refractivity contribution in [1.29, 1.82) is 0 Å². The first-order chi connectivity index (χ1) is 7.20. The molecule has 0 bridgehead atoms. The molecule has 0 saturated heterocycles. The summed E-state index contributed by atoms with van der Waals surface area (Å²) in [5, 5.41) is 5.60. The van der Waals surface area contributed by atoms with Gasteiger partial charge in [-0.05, 0) is 19.3 Å². The Morgan fingerprint density at radius 1 is 0.933 bits per heavy atom. The molecule has 2 amide bonds. The molecule has 15 heavy (non-hydrogen) atoms. The highest BCUT2D eigenvalue weighted by molar-refractivity contribution is 5.76. The topological polar surface area (TPSA) is 58.2 Å². The van der Waals surface area contributed by atoms with E-state index in [4.69, 9.17) is 0 Å². The maximum absolute atomic E-state index is 11.0. The van der Waals surface area contributed by atoms with Crippen LogP contribution in [0.5, 0.6) is 0 Å². The summed E-state index contributed by atoms with van der Waals surface area (Å²) in [5.41, 5.74) is 0. The average Bonchev–Trinajstić information content (AvgIpc) is 2.18. The predicted molar refractivity (Wildman–Crippen MR) is 64.7 cm³/mol. The lowest BCUT2D eigenvalue weighted by atomic mass is 10.3. The Balaban J connectivity index is -0.000000980. The van der Waals surface area contributed by atoms with E-state index < -0.39 is 0 Å². The first kappa shape index (κ1) is 13.9. The van der Waals surface area contributed by atoms with Crippen molar-refractivity contribution in [3.63, 3.8) is 0 Å². The Bertz CT molecular complexity index is 182. The highest BCUT2D eigenvalue weighted by Gasteiger charge is 1.99. The molecule has 4 nitrogen and oxygen atoms in total. The van der Waals surface area contributed by atoms with Gasteiger partial charge in [0.2, 0.25) is 11.8 Å². The molecule has 0 saturated carbocycles. The van der Waals surface area contributed by atoms with Crippen molar-refractivity contribution in [2.45, 2.75) is 46.0 Å². The Morgan fingerprint density at radius 2 is 1.33 bits per heavy atom. The van der Waals surface area contributed by atoms with Crippen molar-refractivity contribution in [2.75, 3.05) is 13.1 Å². The molecule has 0 aliphatic heterocycles. The third-order valence-electron chi connectivity index (χ3n) is 1.95. The molecule has 4 heteroatoms. The molecule has 0 radical (unpaired) electrons. The van der Waals surface area contributed by atoms with Gasteiger partial charge >= 0.3 is 0 Å². The summed E-state index contributed by atoms with van der Waals surface area (Å²) in [6.07, 6.45) is 3.72. The number of hydrogen-bond donors (Lipinski definition) is 2. The van der Waals surface area contributed by atoms with Gasteiger partial charge in [0.1, 0.15) is 0 Å². The molecule has 0 aromatic rings. The summed E-state index contributed by atoms with van der Waals surface area (Å²) in [6.45, 7) is 5.24. The zero-order chi connectivity index (χ0) is 11.5. The Morgan fingerprint density at radius 3 is 1.67 bits per heavy atom. The van der Waals surface area contributed by atoms with Crippen LogP contribution in [0, 0.1) is 0 Å². The fraction of sp³-hybridized carbons (Fsp3) is 0.818. The van der Waals surface area contributed by atoms with E-state index in [1.54, 1.807) is 0 Å². The predicted octanol–water partition coefficient (Wildman–Crippen LogP) is 1.70. The summed E-state index contributed by atoms with van der Waals surface area (Å²) < 4.78 is 0. The van der Waals surface area contributed by atoms with Crippen LogP contribution in [0.4, 0.5) is 0 Å². The zero-order valence-corrected chi connectivity index (χ0v) is 9.77. The van der Waals surface area contributed by atoms with Crippen molar-refractivity contribution in [3.8, 4) is 0 Å². The summed E-state index contributed by atoms with van der Waals surface area (Å²) in [5.74, 6) is 0.190. The number of amides is 2. The van der Waals surface area contributed by atoms with Crippen LogP contribution in [0.2, 0.25) is 0 Å². The van der Waals surface area contributed by atoms with Gasteiger partial charge < -0.3 is 10.6 Å². The van der Waals surface area contributed by atoms with Crippen LogP contribution in [-0.4, -0.2) is 24.9 Å². The van der Waals surface area contributed by atoms with E-state index >= 15 is 0 Å². The van der Waals surface area contributed by atoms with Gasteiger partial charge in [-0.2, -0.15) is 0 Å². The van der Waals surface area contributed by atoms with Crippen LogP contribution >= 0.6 is 0 Å². The maximum Gasteiger partial charge on any atom is 0.219 e. The van der Waals surface area contributed by atoms with E-state index in [0.717, 1.165) is 19.3 Å². The summed E-state index contributed by atoms with van der Waals surface area (Å²) in [7, 11) is 0. The fourth-order valence-corrected chi connectivity index (χ4v) is 1.17. The van der Waals surface area contributed by atoms with E-state index in [9.17, 15) is 9.59 Å². The Hall–Kier alpha value is -1.06. The second-order valence-electron chi connectivity index (χ2n) is 3.55. The summed E-state index contributed by atoms with van der Waals surface area (Å²) in [6, 6.07) is 0. The van der Waals surface area contributed by atoms with Crippen LogP contribution in [0.1, 0.15) is 48.8 Å². The van der Waals surface area contributed by atoms with E-state index in [2.05, 4.69) is 10.6 Å². The molecule has 92 valence electrons. The molecule has 0 aliphatic carbocycles. The van der Waals surface area contributed by atoms with Crippen LogP contribution in [0.25, 0.3) is 0 Å². The first-order valence-electron chi connectivity index (χ1n) is 5.74. The number of rotatable bonds is 8. The number of hydrogen-bond acceptors (Lipinski definition) is 2. The number of carbonyl (C=O) groups excluding carboxylic acids is 2. The smallest absolute Gasteiger partial charge is 0.219 e. The van der Waals surface area contributed by atoms with Crippen molar-refractivity contribution in [3.05, 3.63) is 0 Å². The average molecular weight is 218 g/mol. The molecule has 0 fully saturated rings. The largest absolute Gasteiger partial charge is 0.356 e. The molecule has 0 aromatic heterocycles. The van der Waals surface area contributed by atoms with Gasteiger partial charge in [-0.3, -0.25) is 9.59 Å². The lowest BCUT2D eigenvalue weighted by Gasteiger charge is -2.05. The third kappa shape index (κ3) is 9.25.